The van der Waals surface area contributed by atoms with Gasteiger partial charge in [-0.3, -0.25) is 4.79 Å². The van der Waals surface area contributed by atoms with Crippen LogP contribution in [0.15, 0.2) is 22.7 Å². The van der Waals surface area contributed by atoms with E-state index in [2.05, 4.69) is 37.2 Å². The molecule has 0 unspecified atom stereocenters. The van der Waals surface area contributed by atoms with Gasteiger partial charge in [0.2, 0.25) is 0 Å². The number of hydrogen-bond donors (Lipinski definition) is 1. The topological polar surface area (TPSA) is 29.1 Å². The summed E-state index contributed by atoms with van der Waals surface area (Å²) in [6, 6.07) is 6.05. The maximum Gasteiger partial charge on any atom is 0.251 e. The van der Waals surface area contributed by atoms with Gasteiger partial charge >= 0.3 is 0 Å². The molecule has 98 valence electrons. The van der Waals surface area contributed by atoms with Crippen molar-refractivity contribution in [1.82, 2.24) is 5.32 Å². The maximum absolute atomic E-state index is 12.1. The van der Waals surface area contributed by atoms with E-state index in [4.69, 9.17) is 0 Å². The van der Waals surface area contributed by atoms with E-state index in [1.54, 1.807) is 0 Å². The van der Waals surface area contributed by atoms with E-state index in [1.807, 2.05) is 25.1 Å². The molecule has 1 amide bonds. The van der Waals surface area contributed by atoms with Crippen molar-refractivity contribution in [2.45, 2.75) is 43.5 Å². The van der Waals surface area contributed by atoms with Gasteiger partial charge in [0.05, 0.1) is 0 Å². The van der Waals surface area contributed by atoms with Crippen LogP contribution in [0.4, 0.5) is 0 Å². The Morgan fingerprint density at radius 1 is 1.28 bits per heavy atom. The first-order valence-corrected chi connectivity index (χ1v) is 7.98. The van der Waals surface area contributed by atoms with Crippen LogP contribution in [-0.4, -0.2) is 16.8 Å². The Bertz CT molecular complexity index is 439. The van der Waals surface area contributed by atoms with Crippen LogP contribution in [0.5, 0.6) is 0 Å². The fourth-order valence-electron chi connectivity index (χ4n) is 2.25. The highest BCUT2D eigenvalue weighted by Crippen LogP contribution is 2.24. The molecule has 1 aliphatic rings. The molecular weight excluding hydrogens is 358 g/mol. The highest BCUT2D eigenvalue weighted by molar-refractivity contribution is 9.10. The van der Waals surface area contributed by atoms with E-state index in [1.165, 1.54) is 0 Å². The van der Waals surface area contributed by atoms with Crippen LogP contribution >= 0.6 is 31.9 Å². The lowest BCUT2D eigenvalue weighted by molar-refractivity contribution is 0.0928. The van der Waals surface area contributed by atoms with E-state index in [-0.39, 0.29) is 5.91 Å². The van der Waals surface area contributed by atoms with E-state index in [0.29, 0.717) is 10.9 Å². The van der Waals surface area contributed by atoms with Gasteiger partial charge < -0.3 is 5.32 Å². The molecule has 1 N–H and O–H groups in total. The predicted octanol–water partition coefficient (Wildman–Crippen LogP) is 4.19. The molecule has 2 rings (SSSR count). The van der Waals surface area contributed by atoms with Crippen LogP contribution < -0.4 is 5.32 Å². The summed E-state index contributed by atoms with van der Waals surface area (Å²) in [5, 5.41) is 3.13. The molecule has 0 radical (unpaired) electrons. The Hall–Kier alpha value is -0.350. The average Bonchev–Trinajstić information content (AvgIpc) is 2.35. The molecule has 4 heteroatoms. The van der Waals surface area contributed by atoms with E-state index in [9.17, 15) is 4.79 Å². The van der Waals surface area contributed by atoms with Gasteiger partial charge in [0.15, 0.2) is 0 Å². The standard InChI is InChI=1S/C14H17Br2NO/c1-9-8-10(2-7-13(9)16)14(18)17-12-5-3-11(15)4-6-12/h2,7-8,11-12H,3-6H2,1H3,(H,17,18). The van der Waals surface area contributed by atoms with Gasteiger partial charge in [-0.25, -0.2) is 0 Å². The van der Waals surface area contributed by atoms with Crippen molar-refractivity contribution in [3.8, 4) is 0 Å². The summed E-state index contributed by atoms with van der Waals surface area (Å²) >= 11 is 7.07. The van der Waals surface area contributed by atoms with Gasteiger partial charge in [0.1, 0.15) is 0 Å². The van der Waals surface area contributed by atoms with Crippen LogP contribution in [0.25, 0.3) is 0 Å². The summed E-state index contributed by atoms with van der Waals surface area (Å²) in [7, 11) is 0. The molecule has 0 heterocycles. The molecule has 1 saturated carbocycles. The van der Waals surface area contributed by atoms with Gasteiger partial charge in [0, 0.05) is 20.9 Å². The fraction of sp³-hybridized carbons (Fsp3) is 0.500. The van der Waals surface area contributed by atoms with Crippen LogP contribution in [0, 0.1) is 6.92 Å². The molecule has 1 aliphatic carbocycles. The second kappa shape index (κ2) is 6.20. The summed E-state index contributed by atoms with van der Waals surface area (Å²) in [4.78, 5) is 12.7. The molecule has 0 bridgehead atoms. The Morgan fingerprint density at radius 3 is 2.56 bits per heavy atom. The number of aryl methyl sites for hydroxylation is 1. The number of carbonyl (C=O) groups excluding carboxylic acids is 1. The van der Waals surface area contributed by atoms with Crippen LogP contribution in [-0.2, 0) is 0 Å². The molecule has 0 aromatic heterocycles. The highest BCUT2D eigenvalue weighted by Gasteiger charge is 2.21. The third-order valence-electron chi connectivity index (χ3n) is 3.41. The quantitative estimate of drug-likeness (QED) is 0.772. The molecule has 1 aromatic rings. The van der Waals surface area contributed by atoms with Crippen LogP contribution in [0.2, 0.25) is 0 Å². The molecule has 2 nitrogen and oxygen atoms in total. The third kappa shape index (κ3) is 3.58. The molecule has 0 aliphatic heterocycles. The number of alkyl halides is 1. The Labute approximate surface area is 125 Å². The van der Waals surface area contributed by atoms with Crippen LogP contribution in [0.1, 0.15) is 41.6 Å². The first kappa shape index (κ1) is 14.1. The second-order valence-corrected chi connectivity index (χ2v) is 7.04. The minimum absolute atomic E-state index is 0.0450. The lowest BCUT2D eigenvalue weighted by atomic mass is 9.95. The van der Waals surface area contributed by atoms with Crippen molar-refractivity contribution in [3.05, 3.63) is 33.8 Å². The van der Waals surface area contributed by atoms with Gasteiger partial charge in [-0.2, -0.15) is 0 Å². The smallest absolute Gasteiger partial charge is 0.251 e. The summed E-state index contributed by atoms with van der Waals surface area (Å²) in [6.07, 6.45) is 4.42. The number of hydrogen-bond acceptors (Lipinski definition) is 1. The fourth-order valence-corrected chi connectivity index (χ4v) is 3.03. The van der Waals surface area contributed by atoms with E-state index < -0.39 is 0 Å². The number of halogens is 2. The van der Waals surface area contributed by atoms with Crippen molar-refractivity contribution in [2.24, 2.45) is 0 Å². The van der Waals surface area contributed by atoms with Gasteiger partial charge in [0.25, 0.3) is 5.91 Å². The third-order valence-corrected chi connectivity index (χ3v) is 5.22. The minimum atomic E-state index is 0.0450. The van der Waals surface area contributed by atoms with Crippen molar-refractivity contribution in [3.63, 3.8) is 0 Å². The average molecular weight is 375 g/mol. The SMILES string of the molecule is Cc1cc(C(=O)NC2CCC(Br)CC2)ccc1Br. The number of carbonyl (C=O) groups is 1. The summed E-state index contributed by atoms with van der Waals surface area (Å²) in [5.41, 5.74) is 1.84. The molecule has 1 fully saturated rings. The molecule has 0 spiro atoms. The van der Waals surface area contributed by atoms with Crippen molar-refractivity contribution >= 4 is 37.8 Å². The first-order chi connectivity index (χ1) is 8.56. The zero-order valence-electron chi connectivity index (χ0n) is 10.4. The molecule has 1 aromatic carbocycles. The molecule has 0 atom stereocenters. The Morgan fingerprint density at radius 2 is 1.94 bits per heavy atom. The summed E-state index contributed by atoms with van der Waals surface area (Å²) in [5.74, 6) is 0.0450. The molecule has 18 heavy (non-hydrogen) atoms. The largest absolute Gasteiger partial charge is 0.349 e. The summed E-state index contributed by atoms with van der Waals surface area (Å²) < 4.78 is 1.04. The monoisotopic (exact) mass is 373 g/mol. The number of rotatable bonds is 2. The molecule has 0 saturated heterocycles. The van der Waals surface area contributed by atoms with Gasteiger partial charge in [-0.15, -0.1) is 0 Å². The Balaban J connectivity index is 1.97. The number of amides is 1. The minimum Gasteiger partial charge on any atom is -0.349 e. The lowest BCUT2D eigenvalue weighted by Gasteiger charge is -2.26. The Kier molecular flexibility index (Phi) is 4.84. The van der Waals surface area contributed by atoms with E-state index in [0.717, 1.165) is 41.3 Å². The number of benzene rings is 1. The van der Waals surface area contributed by atoms with Crippen molar-refractivity contribution in [1.29, 1.82) is 0 Å². The lowest BCUT2D eigenvalue weighted by Crippen LogP contribution is -2.37. The highest BCUT2D eigenvalue weighted by atomic mass is 79.9. The van der Waals surface area contributed by atoms with Crippen LogP contribution in [0.3, 0.4) is 0 Å². The van der Waals surface area contributed by atoms with Crippen molar-refractivity contribution in [2.75, 3.05) is 0 Å². The molecular formula is C14H17Br2NO. The maximum atomic E-state index is 12.1. The van der Waals surface area contributed by atoms with Crippen molar-refractivity contribution < 1.29 is 4.79 Å². The predicted molar refractivity (Wildman–Crippen MR) is 81.3 cm³/mol. The second-order valence-electron chi connectivity index (χ2n) is 4.89. The zero-order valence-corrected chi connectivity index (χ0v) is 13.6. The van der Waals surface area contributed by atoms with Gasteiger partial charge in [-0.05, 0) is 56.4 Å². The first-order valence-electron chi connectivity index (χ1n) is 6.27. The zero-order chi connectivity index (χ0) is 13.1. The summed E-state index contributed by atoms with van der Waals surface area (Å²) in [6.45, 7) is 2.00. The van der Waals surface area contributed by atoms with E-state index >= 15 is 0 Å². The number of nitrogens with one attached hydrogen (secondary N) is 1. The van der Waals surface area contributed by atoms with Gasteiger partial charge in [-0.1, -0.05) is 31.9 Å². The normalized spacial score (nSPS) is 23.7.